The van der Waals surface area contributed by atoms with E-state index in [2.05, 4.69) is 10.3 Å². The number of carbonyl (C=O) groups excluding carboxylic acids is 2. The predicted octanol–water partition coefficient (Wildman–Crippen LogP) is 3.82. The molecule has 0 fully saturated rings. The van der Waals surface area contributed by atoms with E-state index in [1.54, 1.807) is 0 Å². The number of Topliss-reactive ketones (excluding diaryl/α,β-unsaturated/α-hetero) is 1. The van der Waals surface area contributed by atoms with E-state index >= 15 is 0 Å². The van der Waals surface area contributed by atoms with E-state index in [0.717, 1.165) is 37.2 Å². The van der Waals surface area contributed by atoms with Crippen molar-refractivity contribution in [2.75, 3.05) is 27.2 Å². The Hall–Kier alpha value is -2.65. The minimum absolute atomic E-state index is 0.0495. The molecule has 10 heteroatoms. The van der Waals surface area contributed by atoms with Crippen molar-refractivity contribution in [2.24, 2.45) is 0 Å². The second-order valence-electron chi connectivity index (χ2n) is 6.72. The van der Waals surface area contributed by atoms with Crippen LogP contribution in [0.5, 0.6) is 0 Å². The number of ketones is 2. The Balaban J connectivity index is 1.88. The first-order valence-electron chi connectivity index (χ1n) is 8.65. The van der Waals surface area contributed by atoms with Gasteiger partial charge in [-0.3, -0.25) is 9.59 Å². The third-order valence-corrected chi connectivity index (χ3v) is 4.54. The van der Waals surface area contributed by atoms with E-state index in [1.807, 2.05) is 19.0 Å². The van der Waals surface area contributed by atoms with Crippen LogP contribution in [0, 0.1) is 0 Å². The number of benzene rings is 1. The molecule has 0 radical (unpaired) electrons. The van der Waals surface area contributed by atoms with Crippen molar-refractivity contribution in [3.63, 3.8) is 0 Å². The molecule has 6 nitrogen and oxygen atoms in total. The summed E-state index contributed by atoms with van der Waals surface area (Å²) in [5, 5.41) is 2.84. The summed E-state index contributed by atoms with van der Waals surface area (Å²) in [6.45, 7) is 1.24. The molecule has 1 aromatic heterocycles. The molecule has 0 saturated heterocycles. The summed E-state index contributed by atoms with van der Waals surface area (Å²) in [7, 11) is 3.82. The largest absolute Gasteiger partial charge is 0.432 e. The Morgan fingerprint density at radius 3 is 2.62 bits per heavy atom. The van der Waals surface area contributed by atoms with Crippen LogP contribution in [0.1, 0.15) is 33.0 Å². The Bertz CT molecular complexity index is 996. The zero-order valence-electron chi connectivity index (χ0n) is 15.6. The summed E-state index contributed by atoms with van der Waals surface area (Å²) in [5.74, 6) is -1.81. The lowest BCUT2D eigenvalue weighted by atomic mass is 10.0. The van der Waals surface area contributed by atoms with Crippen LogP contribution in [-0.4, -0.2) is 48.6 Å². The molecule has 0 atom stereocenters. The summed E-state index contributed by atoms with van der Waals surface area (Å²) in [6.07, 6.45) is -2.75. The fraction of sp³-hybridized carbons (Fsp3) is 0.316. The number of rotatable bonds is 6. The molecule has 1 N–H and O–H groups in total. The highest BCUT2D eigenvalue weighted by atomic mass is 35.5. The summed E-state index contributed by atoms with van der Waals surface area (Å²) < 4.78 is 44.4. The molecular weight excluding hydrogens is 411 g/mol. The van der Waals surface area contributed by atoms with Gasteiger partial charge < -0.3 is 14.6 Å². The average Bonchev–Trinajstić information content (AvgIpc) is 3.08. The van der Waals surface area contributed by atoms with Crippen LogP contribution in [0.15, 0.2) is 34.4 Å². The van der Waals surface area contributed by atoms with Gasteiger partial charge in [0.25, 0.3) is 0 Å². The number of aromatic nitrogens is 1. The lowest BCUT2D eigenvalue weighted by molar-refractivity contribution is -0.137. The highest BCUT2D eigenvalue weighted by Gasteiger charge is 2.34. The third-order valence-electron chi connectivity index (χ3n) is 4.21. The van der Waals surface area contributed by atoms with Gasteiger partial charge in [-0.25, -0.2) is 4.98 Å². The van der Waals surface area contributed by atoms with Crippen LogP contribution in [-0.2, 0) is 6.18 Å². The Labute approximate surface area is 169 Å². The topological polar surface area (TPSA) is 75.4 Å². The van der Waals surface area contributed by atoms with Gasteiger partial charge in [-0.2, -0.15) is 13.2 Å². The number of alkyl halides is 3. The van der Waals surface area contributed by atoms with Crippen molar-refractivity contribution in [2.45, 2.75) is 12.6 Å². The fourth-order valence-corrected chi connectivity index (χ4v) is 2.96. The first-order valence-corrected chi connectivity index (χ1v) is 9.03. The first kappa shape index (κ1) is 21.1. The molecule has 0 aliphatic heterocycles. The summed E-state index contributed by atoms with van der Waals surface area (Å²) in [5.41, 5.74) is -1.31. The summed E-state index contributed by atoms with van der Waals surface area (Å²) in [4.78, 5) is 30.8. The van der Waals surface area contributed by atoms with E-state index in [-0.39, 0.29) is 33.6 Å². The molecule has 0 amide bonds. The van der Waals surface area contributed by atoms with Gasteiger partial charge in [-0.1, -0.05) is 11.6 Å². The highest BCUT2D eigenvalue weighted by molar-refractivity contribution is 6.33. The number of hydrogen-bond donors (Lipinski definition) is 1. The number of carbonyl (C=O) groups is 2. The Morgan fingerprint density at radius 2 is 1.97 bits per heavy atom. The zero-order valence-corrected chi connectivity index (χ0v) is 16.3. The number of nitrogens with one attached hydrogen (secondary N) is 1. The average molecular weight is 428 g/mol. The van der Waals surface area contributed by atoms with Gasteiger partial charge in [-0.15, -0.1) is 0 Å². The van der Waals surface area contributed by atoms with E-state index < -0.39 is 23.3 Å². The molecule has 154 valence electrons. The fourth-order valence-electron chi connectivity index (χ4n) is 2.76. The van der Waals surface area contributed by atoms with Crippen LogP contribution in [0.25, 0.3) is 11.5 Å². The molecule has 0 spiro atoms. The molecule has 29 heavy (non-hydrogen) atoms. The maximum absolute atomic E-state index is 13.0. The number of allylic oxidation sites excluding steroid dienone is 2. The maximum atomic E-state index is 13.0. The predicted molar refractivity (Wildman–Crippen MR) is 99.9 cm³/mol. The summed E-state index contributed by atoms with van der Waals surface area (Å²) in [6, 6.07) is 2.65. The highest BCUT2D eigenvalue weighted by Crippen LogP contribution is 2.37. The first-order chi connectivity index (χ1) is 13.6. The lowest BCUT2D eigenvalue weighted by Crippen LogP contribution is -2.28. The number of halogens is 4. The van der Waals surface area contributed by atoms with Gasteiger partial charge in [0.1, 0.15) is 0 Å². The van der Waals surface area contributed by atoms with E-state index in [9.17, 15) is 22.8 Å². The van der Waals surface area contributed by atoms with Gasteiger partial charge in [0, 0.05) is 12.6 Å². The van der Waals surface area contributed by atoms with Gasteiger partial charge >= 0.3 is 6.18 Å². The van der Waals surface area contributed by atoms with Crippen molar-refractivity contribution in [1.29, 1.82) is 0 Å². The van der Waals surface area contributed by atoms with Crippen LogP contribution >= 0.6 is 11.6 Å². The quantitative estimate of drug-likeness (QED) is 0.706. The minimum Gasteiger partial charge on any atom is -0.432 e. The van der Waals surface area contributed by atoms with Crippen LogP contribution in [0.3, 0.4) is 0 Å². The molecule has 1 aliphatic rings. The molecule has 0 saturated carbocycles. The monoisotopic (exact) mass is 427 g/mol. The van der Waals surface area contributed by atoms with Crippen LogP contribution < -0.4 is 5.32 Å². The second-order valence-corrected chi connectivity index (χ2v) is 7.13. The van der Waals surface area contributed by atoms with Gasteiger partial charge in [-0.05, 0) is 45.3 Å². The molecule has 3 rings (SSSR count). The standard InChI is InChI=1S/C19H17ClF3N3O3/c1-26(2)7-3-6-24-13-9-14(27)15-17(16(13)28)29-18(25-15)11-8-10(19(21,22)23)4-5-12(11)20/h4-5,8-9,24H,3,6-7H2,1-2H3. The number of hydrogen-bond acceptors (Lipinski definition) is 6. The third kappa shape index (κ3) is 4.51. The number of fused-ring (bicyclic) bond motifs is 1. The molecule has 2 aromatic rings. The van der Waals surface area contributed by atoms with Gasteiger partial charge in [0.15, 0.2) is 5.69 Å². The minimum atomic E-state index is -4.59. The van der Waals surface area contributed by atoms with E-state index in [4.69, 9.17) is 16.0 Å². The molecule has 0 bridgehead atoms. The van der Waals surface area contributed by atoms with Crippen molar-refractivity contribution in [3.8, 4) is 11.5 Å². The van der Waals surface area contributed by atoms with E-state index in [0.29, 0.717) is 6.54 Å². The van der Waals surface area contributed by atoms with Gasteiger partial charge in [0.05, 0.1) is 21.8 Å². The van der Waals surface area contributed by atoms with Crippen molar-refractivity contribution < 1.29 is 27.2 Å². The van der Waals surface area contributed by atoms with Crippen molar-refractivity contribution in [3.05, 3.63) is 52.0 Å². The van der Waals surface area contributed by atoms with Crippen LogP contribution in [0.4, 0.5) is 13.2 Å². The van der Waals surface area contributed by atoms with Gasteiger partial charge in [0.2, 0.25) is 23.2 Å². The lowest BCUT2D eigenvalue weighted by Gasteiger charge is -2.13. The molecular formula is C19H17ClF3N3O3. The molecule has 0 unspecified atom stereocenters. The second kappa shape index (κ2) is 8.00. The van der Waals surface area contributed by atoms with E-state index in [1.165, 1.54) is 0 Å². The van der Waals surface area contributed by atoms with Crippen molar-refractivity contribution >= 4 is 23.2 Å². The SMILES string of the molecule is CN(C)CCCNC1=CC(=O)c2nc(-c3cc(C(F)(F)F)ccc3Cl)oc2C1=O. The molecule has 1 aromatic carbocycles. The zero-order chi connectivity index (χ0) is 21.3. The molecule has 1 heterocycles. The normalized spacial score (nSPS) is 14.2. The Morgan fingerprint density at radius 1 is 1.24 bits per heavy atom. The number of nitrogens with zero attached hydrogens (tertiary/aromatic N) is 2. The number of oxazole rings is 1. The molecule has 1 aliphatic carbocycles. The maximum Gasteiger partial charge on any atom is 0.416 e. The Kier molecular flexibility index (Phi) is 5.81. The van der Waals surface area contributed by atoms with Crippen molar-refractivity contribution in [1.82, 2.24) is 15.2 Å². The van der Waals surface area contributed by atoms with Crippen LogP contribution in [0.2, 0.25) is 5.02 Å². The smallest absolute Gasteiger partial charge is 0.416 e. The summed E-state index contributed by atoms with van der Waals surface area (Å²) >= 11 is 5.99.